The third-order valence-electron chi connectivity index (χ3n) is 3.59. The van der Waals surface area contributed by atoms with Gasteiger partial charge in [-0.05, 0) is 24.1 Å². The zero-order valence-corrected chi connectivity index (χ0v) is 14.5. The molecule has 0 bridgehead atoms. The molecule has 1 atom stereocenters. The van der Waals surface area contributed by atoms with E-state index in [1.165, 1.54) is 30.2 Å². The Kier molecular flexibility index (Phi) is 5.35. The van der Waals surface area contributed by atoms with E-state index < -0.39 is 28.0 Å². The summed E-state index contributed by atoms with van der Waals surface area (Å²) in [6.45, 7) is 3.20. The highest BCUT2D eigenvalue weighted by Crippen LogP contribution is 2.24. The number of rotatable bonds is 7. The molecule has 1 unspecified atom stereocenters. The highest BCUT2D eigenvalue weighted by molar-refractivity contribution is 7.89. The van der Waals surface area contributed by atoms with E-state index >= 15 is 0 Å². The molecule has 130 valence electrons. The van der Waals surface area contributed by atoms with Gasteiger partial charge in [-0.15, -0.1) is 0 Å². The number of aliphatic carboxylic acids is 1. The molecule has 8 nitrogen and oxygen atoms in total. The molecule has 0 aliphatic carbocycles. The zero-order valence-electron chi connectivity index (χ0n) is 13.7. The van der Waals surface area contributed by atoms with Gasteiger partial charge in [-0.3, -0.25) is 14.5 Å². The van der Waals surface area contributed by atoms with Crippen molar-refractivity contribution in [1.82, 2.24) is 19.1 Å². The Labute approximate surface area is 140 Å². The molecule has 0 aromatic carbocycles. The van der Waals surface area contributed by atoms with Crippen LogP contribution in [-0.2, 0) is 28.4 Å². The molecule has 0 fully saturated rings. The monoisotopic (exact) mass is 352 g/mol. The standard InChI is InChI=1S/C15H20N4O4S/c1-11(2)14(15(20)21)19(10-12-6-4-5-8-16-12)24(22,23)13-7-9-17-18(13)3/h4-9,11,14H,10H2,1-3H3,(H,20,21). The Balaban J connectivity index is 2.54. The Morgan fingerprint density at radius 2 is 2.00 bits per heavy atom. The first-order valence-electron chi connectivity index (χ1n) is 7.37. The number of aromatic nitrogens is 3. The molecule has 0 spiro atoms. The Hall–Kier alpha value is -2.26. The summed E-state index contributed by atoms with van der Waals surface area (Å²) in [5.41, 5.74) is 0.468. The maximum absolute atomic E-state index is 13.0. The summed E-state index contributed by atoms with van der Waals surface area (Å²) in [6, 6.07) is 5.22. The molecule has 9 heteroatoms. The lowest BCUT2D eigenvalue weighted by Gasteiger charge is -2.30. The molecular formula is C15H20N4O4S. The molecule has 0 amide bonds. The van der Waals surface area contributed by atoms with Crippen molar-refractivity contribution in [1.29, 1.82) is 0 Å². The van der Waals surface area contributed by atoms with Crippen molar-refractivity contribution in [2.24, 2.45) is 13.0 Å². The molecule has 2 heterocycles. The second kappa shape index (κ2) is 7.10. The third kappa shape index (κ3) is 3.62. The topological polar surface area (TPSA) is 105 Å². The second-order valence-corrected chi connectivity index (χ2v) is 7.53. The van der Waals surface area contributed by atoms with Crippen LogP contribution in [0, 0.1) is 5.92 Å². The van der Waals surface area contributed by atoms with Crippen LogP contribution in [-0.4, -0.2) is 44.6 Å². The summed E-state index contributed by atoms with van der Waals surface area (Å²) in [6.07, 6.45) is 2.90. The minimum atomic E-state index is -4.06. The molecule has 0 aliphatic heterocycles. The predicted octanol–water partition coefficient (Wildman–Crippen LogP) is 1.12. The van der Waals surface area contributed by atoms with E-state index in [9.17, 15) is 18.3 Å². The van der Waals surface area contributed by atoms with Crippen molar-refractivity contribution in [3.63, 3.8) is 0 Å². The fourth-order valence-electron chi connectivity index (χ4n) is 2.46. The van der Waals surface area contributed by atoms with Gasteiger partial charge in [0.15, 0.2) is 5.03 Å². The van der Waals surface area contributed by atoms with Gasteiger partial charge >= 0.3 is 5.97 Å². The minimum Gasteiger partial charge on any atom is -0.480 e. The van der Waals surface area contributed by atoms with E-state index in [-0.39, 0.29) is 11.6 Å². The SMILES string of the molecule is CC(C)C(C(=O)O)N(Cc1ccccn1)S(=O)(=O)c1ccnn1C. The molecule has 2 aromatic rings. The molecule has 24 heavy (non-hydrogen) atoms. The van der Waals surface area contributed by atoms with Gasteiger partial charge < -0.3 is 5.11 Å². The smallest absolute Gasteiger partial charge is 0.322 e. The van der Waals surface area contributed by atoms with Crippen LogP contribution < -0.4 is 0 Å². The number of carboxylic acids is 1. The summed E-state index contributed by atoms with van der Waals surface area (Å²) in [4.78, 5) is 15.8. The lowest BCUT2D eigenvalue weighted by atomic mass is 10.0. The fraction of sp³-hybridized carbons (Fsp3) is 0.400. The van der Waals surface area contributed by atoms with Crippen molar-refractivity contribution in [2.45, 2.75) is 31.5 Å². The maximum Gasteiger partial charge on any atom is 0.322 e. The predicted molar refractivity (Wildman–Crippen MR) is 86.4 cm³/mol. The number of hydrogen-bond donors (Lipinski definition) is 1. The zero-order chi connectivity index (χ0) is 17.9. The maximum atomic E-state index is 13.0. The summed E-state index contributed by atoms with van der Waals surface area (Å²) in [5.74, 6) is -1.62. The lowest BCUT2D eigenvalue weighted by Crippen LogP contribution is -2.48. The first kappa shape index (κ1) is 18.1. The van der Waals surface area contributed by atoms with E-state index in [4.69, 9.17) is 0 Å². The van der Waals surface area contributed by atoms with Gasteiger partial charge in [-0.1, -0.05) is 19.9 Å². The Bertz CT molecular complexity index is 802. The van der Waals surface area contributed by atoms with Crippen LogP contribution in [0.5, 0.6) is 0 Å². The highest BCUT2D eigenvalue weighted by atomic mass is 32.2. The molecular weight excluding hydrogens is 332 g/mol. The largest absolute Gasteiger partial charge is 0.480 e. The van der Waals surface area contributed by atoms with Crippen molar-refractivity contribution >= 4 is 16.0 Å². The van der Waals surface area contributed by atoms with Gasteiger partial charge in [0.05, 0.1) is 18.4 Å². The average Bonchev–Trinajstić information content (AvgIpc) is 2.94. The van der Waals surface area contributed by atoms with Gasteiger partial charge in [0.25, 0.3) is 10.0 Å². The third-order valence-corrected chi connectivity index (χ3v) is 5.49. The van der Waals surface area contributed by atoms with Crippen LogP contribution in [0.4, 0.5) is 0 Å². The van der Waals surface area contributed by atoms with E-state index in [0.29, 0.717) is 5.69 Å². The normalized spacial score (nSPS) is 13.4. The van der Waals surface area contributed by atoms with Crippen molar-refractivity contribution < 1.29 is 18.3 Å². The number of carboxylic acid groups (broad SMARTS) is 1. The number of aryl methyl sites for hydroxylation is 1. The summed E-state index contributed by atoms with van der Waals surface area (Å²) >= 11 is 0. The average molecular weight is 352 g/mol. The molecule has 0 saturated heterocycles. The minimum absolute atomic E-state index is 0.0645. The Morgan fingerprint density at radius 1 is 1.29 bits per heavy atom. The molecule has 1 N–H and O–H groups in total. The molecule has 0 radical (unpaired) electrons. The van der Waals surface area contributed by atoms with Gasteiger partial charge in [0.1, 0.15) is 6.04 Å². The number of pyridine rings is 1. The number of nitrogens with zero attached hydrogens (tertiary/aromatic N) is 4. The number of sulfonamides is 1. The van der Waals surface area contributed by atoms with Crippen LogP contribution >= 0.6 is 0 Å². The molecule has 2 aromatic heterocycles. The second-order valence-electron chi connectivity index (χ2n) is 5.69. The fourth-order valence-corrected chi connectivity index (χ4v) is 4.25. The van der Waals surface area contributed by atoms with Crippen LogP contribution in [0.1, 0.15) is 19.5 Å². The van der Waals surface area contributed by atoms with Crippen molar-refractivity contribution in [3.05, 3.63) is 42.4 Å². The molecule has 0 saturated carbocycles. The van der Waals surface area contributed by atoms with Crippen molar-refractivity contribution in [2.75, 3.05) is 0 Å². The van der Waals surface area contributed by atoms with Gasteiger partial charge in [-0.2, -0.15) is 9.40 Å². The quantitative estimate of drug-likeness (QED) is 0.800. The van der Waals surface area contributed by atoms with E-state index in [0.717, 1.165) is 4.31 Å². The summed E-state index contributed by atoms with van der Waals surface area (Å²) < 4.78 is 28.3. The summed E-state index contributed by atoms with van der Waals surface area (Å²) in [5, 5.41) is 13.4. The van der Waals surface area contributed by atoms with Crippen LogP contribution in [0.2, 0.25) is 0 Å². The van der Waals surface area contributed by atoms with Crippen LogP contribution in [0.3, 0.4) is 0 Å². The molecule has 2 rings (SSSR count). The van der Waals surface area contributed by atoms with Gasteiger partial charge in [0.2, 0.25) is 0 Å². The Morgan fingerprint density at radius 3 is 2.46 bits per heavy atom. The summed E-state index contributed by atoms with van der Waals surface area (Å²) in [7, 11) is -2.57. The first-order valence-corrected chi connectivity index (χ1v) is 8.81. The van der Waals surface area contributed by atoms with Crippen LogP contribution in [0.15, 0.2) is 41.7 Å². The van der Waals surface area contributed by atoms with E-state index in [1.54, 1.807) is 32.0 Å². The highest BCUT2D eigenvalue weighted by Gasteiger charge is 2.39. The molecule has 0 aliphatic rings. The van der Waals surface area contributed by atoms with Crippen molar-refractivity contribution in [3.8, 4) is 0 Å². The first-order chi connectivity index (χ1) is 11.2. The number of carbonyl (C=O) groups is 1. The van der Waals surface area contributed by atoms with Crippen LogP contribution in [0.25, 0.3) is 0 Å². The van der Waals surface area contributed by atoms with E-state index in [2.05, 4.69) is 10.1 Å². The lowest BCUT2D eigenvalue weighted by molar-refractivity contribution is -0.143. The van der Waals surface area contributed by atoms with E-state index in [1.807, 2.05) is 0 Å². The van der Waals surface area contributed by atoms with Gasteiger partial charge in [0, 0.05) is 13.2 Å². The number of hydrogen-bond acceptors (Lipinski definition) is 5. The van der Waals surface area contributed by atoms with Gasteiger partial charge in [-0.25, -0.2) is 8.42 Å².